The highest BCUT2D eigenvalue weighted by molar-refractivity contribution is 7.15. The van der Waals surface area contributed by atoms with E-state index in [0.29, 0.717) is 11.0 Å². The molecule has 0 radical (unpaired) electrons. The summed E-state index contributed by atoms with van der Waals surface area (Å²) in [5.74, 6) is 0.192. The number of pyridine rings is 1. The maximum absolute atomic E-state index is 13.0. The molecule has 0 fully saturated rings. The Morgan fingerprint density at radius 2 is 2.04 bits per heavy atom. The van der Waals surface area contributed by atoms with Gasteiger partial charge in [-0.3, -0.25) is 15.1 Å². The van der Waals surface area contributed by atoms with Gasteiger partial charge in [0.25, 0.3) is 5.91 Å². The number of carbonyl (C=O) groups excluding carboxylic acids is 1. The van der Waals surface area contributed by atoms with Crippen LogP contribution in [-0.4, -0.2) is 21.1 Å². The summed E-state index contributed by atoms with van der Waals surface area (Å²) in [4.78, 5) is 17.7. The highest BCUT2D eigenvalue weighted by Crippen LogP contribution is 2.31. The van der Waals surface area contributed by atoms with Crippen molar-refractivity contribution in [2.45, 2.75) is 39.0 Å². The van der Waals surface area contributed by atoms with Gasteiger partial charge in [-0.15, -0.1) is 10.2 Å². The molecule has 1 N–H and O–H groups in total. The van der Waals surface area contributed by atoms with Crippen LogP contribution in [0.2, 0.25) is 0 Å². The molecule has 0 spiro atoms. The van der Waals surface area contributed by atoms with E-state index in [9.17, 15) is 4.79 Å². The normalized spacial score (nSPS) is 13.5. The van der Waals surface area contributed by atoms with Crippen LogP contribution < -0.4 is 5.32 Å². The minimum Gasteiger partial charge on any atom is -0.296 e. The van der Waals surface area contributed by atoms with Crippen LogP contribution in [0, 0.1) is 0 Å². The van der Waals surface area contributed by atoms with Crippen LogP contribution in [0.5, 0.6) is 0 Å². The number of anilines is 1. The van der Waals surface area contributed by atoms with Gasteiger partial charge in [0, 0.05) is 17.0 Å². The van der Waals surface area contributed by atoms with E-state index in [1.54, 1.807) is 0 Å². The minimum absolute atomic E-state index is 0.113. The van der Waals surface area contributed by atoms with E-state index < -0.39 is 0 Å². The standard InChI is InChI=1S/C18H18N4OS/c1-10(2)17-21-22-18(24-17)20-16(23)15-11-6-3-4-8-13(11)19-14-9-5-7-12(14)15/h3-4,6,8,10H,5,7,9H2,1-2H3,(H,20,22,23). The minimum atomic E-state index is -0.113. The predicted octanol–water partition coefficient (Wildman–Crippen LogP) is 3.95. The van der Waals surface area contributed by atoms with Gasteiger partial charge < -0.3 is 0 Å². The van der Waals surface area contributed by atoms with Crippen LogP contribution in [0.3, 0.4) is 0 Å². The number of nitrogens with zero attached hydrogens (tertiary/aromatic N) is 3. The summed E-state index contributed by atoms with van der Waals surface area (Å²) in [6.45, 7) is 4.13. The number of carbonyl (C=O) groups is 1. The number of benzene rings is 1. The van der Waals surface area contributed by atoms with Gasteiger partial charge in [-0.1, -0.05) is 43.4 Å². The molecule has 24 heavy (non-hydrogen) atoms. The number of nitrogens with one attached hydrogen (secondary N) is 1. The molecule has 0 saturated carbocycles. The lowest BCUT2D eigenvalue weighted by atomic mass is 10.0. The zero-order valence-electron chi connectivity index (χ0n) is 13.7. The van der Waals surface area contributed by atoms with Gasteiger partial charge in [-0.05, 0) is 30.9 Å². The summed E-state index contributed by atoms with van der Waals surface area (Å²) >= 11 is 1.43. The lowest BCUT2D eigenvalue weighted by molar-refractivity contribution is 0.102. The number of rotatable bonds is 3. The first kappa shape index (κ1) is 15.2. The number of hydrogen-bond donors (Lipinski definition) is 1. The molecular formula is C18H18N4OS. The van der Waals surface area contributed by atoms with E-state index >= 15 is 0 Å². The number of para-hydroxylation sites is 1. The van der Waals surface area contributed by atoms with Crippen LogP contribution in [0.15, 0.2) is 24.3 Å². The summed E-state index contributed by atoms with van der Waals surface area (Å²) in [6.07, 6.45) is 2.90. The molecule has 0 bridgehead atoms. The van der Waals surface area contributed by atoms with E-state index in [1.807, 2.05) is 24.3 Å². The summed E-state index contributed by atoms with van der Waals surface area (Å²) in [5, 5.41) is 13.6. The Balaban J connectivity index is 1.76. The zero-order valence-corrected chi connectivity index (χ0v) is 14.5. The van der Waals surface area contributed by atoms with Crippen LogP contribution >= 0.6 is 11.3 Å². The Labute approximate surface area is 144 Å². The molecular weight excluding hydrogens is 320 g/mol. The van der Waals surface area contributed by atoms with Gasteiger partial charge in [-0.25, -0.2) is 0 Å². The predicted molar refractivity (Wildman–Crippen MR) is 95.7 cm³/mol. The van der Waals surface area contributed by atoms with Crippen LogP contribution in [0.4, 0.5) is 5.13 Å². The van der Waals surface area contributed by atoms with Gasteiger partial charge in [0.1, 0.15) is 5.01 Å². The quantitative estimate of drug-likeness (QED) is 0.785. The second kappa shape index (κ2) is 5.94. The van der Waals surface area contributed by atoms with E-state index in [1.165, 1.54) is 11.3 Å². The summed E-state index contributed by atoms with van der Waals surface area (Å²) in [7, 11) is 0. The Hall–Kier alpha value is -2.34. The second-order valence-electron chi connectivity index (χ2n) is 6.34. The molecule has 122 valence electrons. The van der Waals surface area contributed by atoms with Gasteiger partial charge in [0.2, 0.25) is 5.13 Å². The molecule has 0 saturated heterocycles. The molecule has 1 aromatic carbocycles. The molecule has 6 heteroatoms. The maximum Gasteiger partial charge on any atom is 0.258 e. The van der Waals surface area contributed by atoms with Gasteiger partial charge in [0.05, 0.1) is 11.1 Å². The van der Waals surface area contributed by atoms with Crippen LogP contribution in [0.1, 0.15) is 52.8 Å². The Morgan fingerprint density at radius 1 is 1.21 bits per heavy atom. The van der Waals surface area contributed by atoms with Crippen molar-refractivity contribution in [1.29, 1.82) is 0 Å². The fourth-order valence-electron chi connectivity index (χ4n) is 3.15. The number of amides is 1. The van der Waals surface area contributed by atoms with Crippen LogP contribution in [0.25, 0.3) is 10.9 Å². The smallest absolute Gasteiger partial charge is 0.258 e. The third-order valence-electron chi connectivity index (χ3n) is 4.30. The van der Waals surface area contributed by atoms with Crippen molar-refractivity contribution < 1.29 is 4.79 Å². The molecule has 1 aliphatic rings. The summed E-state index contributed by atoms with van der Waals surface area (Å²) in [6, 6.07) is 7.84. The largest absolute Gasteiger partial charge is 0.296 e. The fourth-order valence-corrected chi connectivity index (χ4v) is 3.89. The lowest BCUT2D eigenvalue weighted by Crippen LogP contribution is -2.15. The molecule has 4 rings (SSSR count). The maximum atomic E-state index is 13.0. The molecule has 0 unspecified atom stereocenters. The molecule has 5 nitrogen and oxygen atoms in total. The number of aromatic nitrogens is 3. The van der Waals surface area contributed by atoms with E-state index in [2.05, 4.69) is 29.4 Å². The van der Waals surface area contributed by atoms with Crippen molar-refractivity contribution in [3.05, 3.63) is 46.1 Å². The summed E-state index contributed by atoms with van der Waals surface area (Å²) < 4.78 is 0. The highest BCUT2D eigenvalue weighted by Gasteiger charge is 2.24. The molecule has 0 atom stereocenters. The van der Waals surface area contributed by atoms with Gasteiger partial charge in [-0.2, -0.15) is 0 Å². The molecule has 1 amide bonds. The second-order valence-corrected chi connectivity index (χ2v) is 7.35. The molecule has 2 heterocycles. The monoisotopic (exact) mass is 338 g/mol. The Bertz CT molecular complexity index is 932. The van der Waals surface area contributed by atoms with Crippen molar-refractivity contribution in [2.75, 3.05) is 5.32 Å². The van der Waals surface area contributed by atoms with E-state index in [-0.39, 0.29) is 5.91 Å². The number of fused-ring (bicyclic) bond motifs is 2. The van der Waals surface area contributed by atoms with Crippen molar-refractivity contribution in [2.24, 2.45) is 0 Å². The average Bonchev–Trinajstić information content (AvgIpc) is 3.21. The number of hydrogen-bond acceptors (Lipinski definition) is 5. The Kier molecular flexibility index (Phi) is 3.76. The first-order chi connectivity index (χ1) is 11.6. The molecule has 3 aromatic rings. The van der Waals surface area contributed by atoms with Crippen LogP contribution in [-0.2, 0) is 12.8 Å². The third-order valence-corrected chi connectivity index (χ3v) is 5.44. The first-order valence-corrected chi connectivity index (χ1v) is 9.00. The first-order valence-electron chi connectivity index (χ1n) is 8.18. The highest BCUT2D eigenvalue weighted by atomic mass is 32.1. The third kappa shape index (κ3) is 2.57. The average molecular weight is 338 g/mol. The SMILES string of the molecule is CC(C)c1nnc(NC(=O)c2c3c(nc4ccccc24)CCC3)s1. The van der Waals surface area contributed by atoms with E-state index in [4.69, 9.17) is 4.98 Å². The topological polar surface area (TPSA) is 67.8 Å². The molecule has 2 aromatic heterocycles. The summed E-state index contributed by atoms with van der Waals surface area (Å²) in [5.41, 5.74) is 3.76. The lowest BCUT2D eigenvalue weighted by Gasteiger charge is -2.11. The fraction of sp³-hybridized carbons (Fsp3) is 0.333. The molecule has 1 aliphatic carbocycles. The van der Waals surface area contributed by atoms with Gasteiger partial charge >= 0.3 is 0 Å². The molecule has 0 aliphatic heterocycles. The number of aryl methyl sites for hydroxylation is 1. The van der Waals surface area contributed by atoms with Crippen molar-refractivity contribution in [3.63, 3.8) is 0 Å². The van der Waals surface area contributed by atoms with E-state index in [0.717, 1.165) is 52.0 Å². The van der Waals surface area contributed by atoms with Gasteiger partial charge in [0.15, 0.2) is 0 Å². The van der Waals surface area contributed by atoms with Crippen molar-refractivity contribution in [1.82, 2.24) is 15.2 Å². The zero-order chi connectivity index (χ0) is 16.7. The Morgan fingerprint density at radius 3 is 2.83 bits per heavy atom. The van der Waals surface area contributed by atoms with Crippen molar-refractivity contribution >= 4 is 33.3 Å². The van der Waals surface area contributed by atoms with Crippen molar-refractivity contribution in [3.8, 4) is 0 Å².